The second-order valence-electron chi connectivity index (χ2n) is 10.8. The van der Waals surface area contributed by atoms with E-state index in [-0.39, 0.29) is 18.0 Å². The summed E-state index contributed by atoms with van der Waals surface area (Å²) in [5, 5.41) is 12.4. The number of nitrogens with one attached hydrogen (secondary N) is 1. The van der Waals surface area contributed by atoms with Crippen LogP contribution in [0, 0.1) is 0 Å². The Hall–Kier alpha value is -3.79. The molecule has 7 rings (SSSR count). The number of carbonyl (C=O) groups is 1. The molecule has 2 fully saturated rings. The fourth-order valence-electron chi connectivity index (χ4n) is 6.45. The highest BCUT2D eigenvalue weighted by Gasteiger charge is 2.39. The molecule has 3 aromatic heterocycles. The molecule has 2 aliphatic heterocycles. The highest BCUT2D eigenvalue weighted by Crippen LogP contribution is 2.39. The van der Waals surface area contributed by atoms with Gasteiger partial charge in [-0.3, -0.25) is 19.5 Å². The van der Waals surface area contributed by atoms with Gasteiger partial charge in [0.05, 0.1) is 30.9 Å². The topological polar surface area (TPSA) is 92.2 Å². The molecule has 2 saturated heterocycles. The van der Waals surface area contributed by atoms with Gasteiger partial charge in [0, 0.05) is 49.6 Å². The van der Waals surface area contributed by atoms with Gasteiger partial charge in [-0.2, -0.15) is 10.2 Å². The van der Waals surface area contributed by atoms with Gasteiger partial charge in [-0.15, -0.1) is 0 Å². The number of fused-ring (bicyclic) bond motifs is 2. The summed E-state index contributed by atoms with van der Waals surface area (Å²) in [6, 6.07) is 8.33. The first-order chi connectivity index (χ1) is 19.1. The monoisotopic (exact) mass is 529 g/mol. The summed E-state index contributed by atoms with van der Waals surface area (Å²) in [5.41, 5.74) is 7.91. The third-order valence-electron chi connectivity index (χ3n) is 8.63. The maximum absolute atomic E-state index is 13.0. The molecule has 0 radical (unpaired) electrons. The van der Waals surface area contributed by atoms with Crippen molar-refractivity contribution in [3.8, 4) is 28.3 Å². The minimum absolute atomic E-state index is 0.0955. The number of hydrogen-bond donors (Lipinski definition) is 1. The van der Waals surface area contributed by atoms with Crippen molar-refractivity contribution in [2.45, 2.75) is 44.2 Å². The Bertz CT molecular complexity index is 1550. The Balaban J connectivity index is 1.15. The number of aromatic amines is 1. The number of methoxy groups -OCH3 is 1. The van der Waals surface area contributed by atoms with Gasteiger partial charge in [-0.05, 0) is 43.2 Å². The van der Waals surface area contributed by atoms with Crippen molar-refractivity contribution in [3.63, 3.8) is 0 Å². The zero-order valence-electron chi connectivity index (χ0n) is 22.1. The normalized spacial score (nSPS) is 20.9. The van der Waals surface area contributed by atoms with Crippen LogP contribution in [0.2, 0.25) is 0 Å². The average molecular weight is 530 g/mol. The van der Waals surface area contributed by atoms with Gasteiger partial charge in [0.1, 0.15) is 29.3 Å². The number of aromatic nitrogens is 5. The molecule has 202 valence electrons. The number of carbonyl (C=O) groups excluding carboxylic acids is 1. The predicted molar refractivity (Wildman–Crippen MR) is 145 cm³/mol. The number of rotatable bonds is 7. The van der Waals surface area contributed by atoms with Crippen molar-refractivity contribution in [1.29, 1.82) is 0 Å². The zero-order chi connectivity index (χ0) is 26.5. The predicted octanol–water partition coefficient (Wildman–Crippen LogP) is 3.80. The summed E-state index contributed by atoms with van der Waals surface area (Å²) < 4.78 is 20.5. The van der Waals surface area contributed by atoms with Crippen LogP contribution in [-0.4, -0.2) is 86.7 Å². The van der Waals surface area contributed by atoms with E-state index in [4.69, 9.17) is 9.72 Å². The molecule has 1 N–H and O–H groups in total. The first kappa shape index (κ1) is 24.3. The van der Waals surface area contributed by atoms with Crippen LogP contribution >= 0.6 is 0 Å². The number of ether oxygens (including phenoxy) is 1. The summed E-state index contributed by atoms with van der Waals surface area (Å²) in [5.74, 6) is 0.835. The highest BCUT2D eigenvalue weighted by molar-refractivity contribution is 5.93. The molecular formula is C29H32FN7O2. The lowest BCUT2D eigenvalue weighted by Gasteiger charge is -2.41. The van der Waals surface area contributed by atoms with Crippen LogP contribution in [0.3, 0.4) is 0 Å². The number of halogens is 1. The number of likely N-dealkylation sites (tertiary alicyclic amines) is 2. The lowest BCUT2D eigenvalue weighted by Crippen LogP contribution is -2.57. The summed E-state index contributed by atoms with van der Waals surface area (Å²) in [6.45, 7) is 2.02. The SMILES string of the molecule is COc1cc2[nH]nc(-c3cnn(C4CCN(C(=O)C5CCN5CCF)C4)c3)c2nc1-c1cccc2c1CCC2. The molecule has 5 heterocycles. The molecule has 2 atom stereocenters. The smallest absolute Gasteiger partial charge is 0.240 e. The fraction of sp³-hybridized carbons (Fsp3) is 0.448. The van der Waals surface area contributed by atoms with E-state index >= 15 is 0 Å². The van der Waals surface area contributed by atoms with Gasteiger partial charge in [0.25, 0.3) is 0 Å². The van der Waals surface area contributed by atoms with Crippen LogP contribution in [0.4, 0.5) is 4.39 Å². The van der Waals surface area contributed by atoms with Crippen LogP contribution in [0.25, 0.3) is 33.5 Å². The van der Waals surface area contributed by atoms with Crippen molar-refractivity contribution in [2.75, 3.05) is 40.0 Å². The maximum atomic E-state index is 13.0. The molecule has 39 heavy (non-hydrogen) atoms. The Morgan fingerprint density at radius 3 is 2.95 bits per heavy atom. The van der Waals surface area contributed by atoms with Crippen LogP contribution in [0.5, 0.6) is 5.75 Å². The number of aryl methyl sites for hydroxylation is 1. The van der Waals surface area contributed by atoms with E-state index in [1.807, 2.05) is 32.9 Å². The molecule has 0 spiro atoms. The molecule has 4 aromatic rings. The summed E-state index contributed by atoms with van der Waals surface area (Å²) in [4.78, 5) is 21.9. The Kier molecular flexibility index (Phi) is 6.07. The lowest BCUT2D eigenvalue weighted by atomic mass is 9.99. The minimum Gasteiger partial charge on any atom is -0.494 e. The number of hydrogen-bond acceptors (Lipinski definition) is 6. The third-order valence-corrected chi connectivity index (χ3v) is 8.63. The molecule has 9 nitrogen and oxygen atoms in total. The third kappa shape index (κ3) is 4.09. The Morgan fingerprint density at radius 1 is 1.21 bits per heavy atom. The molecule has 1 amide bonds. The van der Waals surface area contributed by atoms with Crippen molar-refractivity contribution >= 4 is 16.9 Å². The van der Waals surface area contributed by atoms with Gasteiger partial charge in [-0.25, -0.2) is 9.37 Å². The minimum atomic E-state index is -0.416. The standard InChI is InChI=1S/C29H32FN7O2/c1-39-25-14-23-28(32-27(25)22-7-3-5-18-4-2-6-21(18)22)26(34-33-23)19-15-31-37(16-19)20-8-11-36(17-20)29(38)24-9-12-35(24)13-10-30/h3,5,7,14-16,20,24H,2,4,6,8-13,17H2,1H3,(H,33,34). The number of pyridine rings is 1. The highest BCUT2D eigenvalue weighted by atomic mass is 19.1. The molecule has 2 unspecified atom stereocenters. The molecule has 0 bridgehead atoms. The first-order valence-corrected chi connectivity index (χ1v) is 13.8. The second kappa shape index (κ2) is 9.75. The van der Waals surface area contributed by atoms with Crippen LogP contribution in [0.15, 0.2) is 36.7 Å². The van der Waals surface area contributed by atoms with E-state index in [1.165, 1.54) is 11.1 Å². The van der Waals surface area contributed by atoms with Crippen molar-refractivity contribution < 1.29 is 13.9 Å². The van der Waals surface area contributed by atoms with Crippen LogP contribution < -0.4 is 4.74 Å². The fourth-order valence-corrected chi connectivity index (χ4v) is 6.45. The van der Waals surface area contributed by atoms with E-state index < -0.39 is 6.67 Å². The van der Waals surface area contributed by atoms with E-state index in [9.17, 15) is 9.18 Å². The van der Waals surface area contributed by atoms with Crippen LogP contribution in [-0.2, 0) is 17.6 Å². The average Bonchev–Trinajstić information content (AvgIpc) is 3.75. The van der Waals surface area contributed by atoms with E-state index in [0.29, 0.717) is 19.6 Å². The summed E-state index contributed by atoms with van der Waals surface area (Å²) in [7, 11) is 1.68. The number of nitrogens with zero attached hydrogens (tertiary/aromatic N) is 6. The molecule has 0 saturated carbocycles. The van der Waals surface area contributed by atoms with Crippen molar-refractivity contribution in [2.24, 2.45) is 0 Å². The Morgan fingerprint density at radius 2 is 2.13 bits per heavy atom. The van der Waals surface area contributed by atoms with E-state index in [0.717, 1.165) is 77.9 Å². The molecular weight excluding hydrogens is 497 g/mol. The van der Waals surface area contributed by atoms with Crippen LogP contribution in [0.1, 0.15) is 36.4 Å². The lowest BCUT2D eigenvalue weighted by molar-refractivity contribution is -0.140. The summed E-state index contributed by atoms with van der Waals surface area (Å²) in [6.07, 6.45) is 8.78. The van der Waals surface area contributed by atoms with Crippen molar-refractivity contribution in [1.82, 2.24) is 34.8 Å². The van der Waals surface area contributed by atoms with Crippen molar-refractivity contribution in [3.05, 3.63) is 47.8 Å². The number of amides is 1. The molecule has 10 heteroatoms. The van der Waals surface area contributed by atoms with E-state index in [2.05, 4.69) is 33.5 Å². The van der Waals surface area contributed by atoms with Gasteiger partial charge >= 0.3 is 0 Å². The molecule has 3 aliphatic rings. The summed E-state index contributed by atoms with van der Waals surface area (Å²) >= 11 is 0. The maximum Gasteiger partial charge on any atom is 0.240 e. The van der Waals surface area contributed by atoms with Gasteiger partial charge in [-0.1, -0.05) is 18.2 Å². The van der Waals surface area contributed by atoms with Gasteiger partial charge in [0.2, 0.25) is 5.91 Å². The molecule has 1 aromatic carbocycles. The second-order valence-corrected chi connectivity index (χ2v) is 10.8. The largest absolute Gasteiger partial charge is 0.494 e. The van der Waals surface area contributed by atoms with Gasteiger partial charge < -0.3 is 9.64 Å². The Labute approximate surface area is 226 Å². The number of benzene rings is 1. The number of H-pyrrole nitrogens is 1. The molecule has 1 aliphatic carbocycles. The quantitative estimate of drug-likeness (QED) is 0.392. The number of alkyl halides is 1. The first-order valence-electron chi connectivity index (χ1n) is 13.8. The van der Waals surface area contributed by atoms with E-state index in [1.54, 1.807) is 7.11 Å². The van der Waals surface area contributed by atoms with Gasteiger partial charge in [0.15, 0.2) is 0 Å². The zero-order valence-corrected chi connectivity index (χ0v) is 22.1.